The number of rotatable bonds is 5. The first-order valence-electron chi connectivity index (χ1n) is 5.49. The molecule has 1 rings (SSSR count). The average molecular weight is 207 g/mol. The van der Waals surface area contributed by atoms with Crippen molar-refractivity contribution in [1.82, 2.24) is 0 Å². The Morgan fingerprint density at radius 1 is 1.27 bits per heavy atom. The summed E-state index contributed by atoms with van der Waals surface area (Å²) < 4.78 is 0. The van der Waals surface area contributed by atoms with Crippen molar-refractivity contribution in [2.24, 2.45) is 11.3 Å². The monoisotopic (exact) mass is 207 g/mol. The Balaban J connectivity index is 2.73. The molecule has 2 N–H and O–H groups in total. The molecule has 1 unspecified atom stereocenters. The highest BCUT2D eigenvalue weighted by atomic mass is 16.6. The van der Waals surface area contributed by atoms with Gasteiger partial charge in [-0.2, -0.15) is 0 Å². The fourth-order valence-corrected chi connectivity index (χ4v) is 1.56. The van der Waals surface area contributed by atoms with Gasteiger partial charge in [0.1, 0.15) is 6.10 Å². The van der Waals surface area contributed by atoms with E-state index in [-0.39, 0.29) is 11.5 Å². The maximum Gasteiger partial charge on any atom is 0.104 e. The lowest BCUT2D eigenvalue weighted by Crippen LogP contribution is -2.19. The van der Waals surface area contributed by atoms with Crippen LogP contribution < -0.4 is 5.90 Å². The number of hydrogen-bond acceptors (Lipinski definition) is 2. The van der Waals surface area contributed by atoms with Crippen molar-refractivity contribution >= 4 is 0 Å². The molecule has 0 saturated carbocycles. The molecule has 1 aromatic rings. The third-order valence-electron chi connectivity index (χ3n) is 3.03. The van der Waals surface area contributed by atoms with Crippen LogP contribution in [0.4, 0.5) is 0 Å². The molecule has 0 aliphatic rings. The molecule has 0 saturated heterocycles. The maximum atomic E-state index is 5.37. The summed E-state index contributed by atoms with van der Waals surface area (Å²) in [5.41, 5.74) is 1.42. The summed E-state index contributed by atoms with van der Waals surface area (Å²) in [7, 11) is 0. The molecule has 0 aliphatic heterocycles. The van der Waals surface area contributed by atoms with E-state index < -0.39 is 0 Å². The van der Waals surface area contributed by atoms with E-state index in [1.807, 2.05) is 18.2 Å². The van der Waals surface area contributed by atoms with Crippen LogP contribution in [0.2, 0.25) is 0 Å². The van der Waals surface area contributed by atoms with Gasteiger partial charge < -0.3 is 0 Å². The van der Waals surface area contributed by atoms with Crippen molar-refractivity contribution < 1.29 is 4.84 Å². The van der Waals surface area contributed by atoms with Crippen LogP contribution in [-0.2, 0) is 4.84 Å². The molecule has 0 fully saturated rings. The Hall–Kier alpha value is -0.860. The molecule has 15 heavy (non-hydrogen) atoms. The van der Waals surface area contributed by atoms with Gasteiger partial charge in [0.2, 0.25) is 0 Å². The van der Waals surface area contributed by atoms with Crippen LogP contribution in [0.15, 0.2) is 30.3 Å². The minimum Gasteiger partial charge on any atom is -0.297 e. The Kier molecular flexibility index (Phi) is 4.30. The van der Waals surface area contributed by atoms with Crippen molar-refractivity contribution in [2.75, 3.05) is 0 Å². The van der Waals surface area contributed by atoms with E-state index in [1.54, 1.807) is 0 Å². The zero-order valence-corrected chi connectivity index (χ0v) is 9.86. The van der Waals surface area contributed by atoms with E-state index in [1.165, 1.54) is 0 Å². The van der Waals surface area contributed by atoms with Crippen LogP contribution in [0, 0.1) is 5.41 Å². The molecule has 0 spiro atoms. The third-order valence-corrected chi connectivity index (χ3v) is 3.03. The molecule has 0 heterocycles. The summed E-state index contributed by atoms with van der Waals surface area (Å²) >= 11 is 0. The largest absolute Gasteiger partial charge is 0.297 e. The lowest BCUT2D eigenvalue weighted by molar-refractivity contribution is 0.0195. The predicted molar refractivity (Wildman–Crippen MR) is 63.1 cm³/mol. The Morgan fingerprint density at radius 3 is 2.33 bits per heavy atom. The highest BCUT2D eigenvalue weighted by Gasteiger charge is 2.22. The molecule has 84 valence electrons. The van der Waals surface area contributed by atoms with Gasteiger partial charge >= 0.3 is 0 Å². The van der Waals surface area contributed by atoms with Crippen molar-refractivity contribution in [2.45, 2.75) is 39.7 Å². The second kappa shape index (κ2) is 5.29. The fourth-order valence-electron chi connectivity index (χ4n) is 1.56. The molecule has 1 aromatic carbocycles. The smallest absolute Gasteiger partial charge is 0.104 e. The summed E-state index contributed by atoms with van der Waals surface area (Å²) in [6.07, 6.45) is 2.07. The highest BCUT2D eigenvalue weighted by molar-refractivity contribution is 5.17. The first kappa shape index (κ1) is 12.2. The molecule has 1 atom stereocenters. The summed E-state index contributed by atoms with van der Waals surface area (Å²) in [5.74, 6) is 5.37. The molecule has 0 radical (unpaired) electrons. The molecular weight excluding hydrogens is 186 g/mol. The van der Waals surface area contributed by atoms with Gasteiger partial charge in [-0.25, -0.2) is 5.90 Å². The third kappa shape index (κ3) is 3.65. The van der Waals surface area contributed by atoms with Gasteiger partial charge in [0.05, 0.1) is 0 Å². The molecule has 2 nitrogen and oxygen atoms in total. The van der Waals surface area contributed by atoms with E-state index in [9.17, 15) is 0 Å². The standard InChI is InChI=1S/C13H21NO/c1-4-13(2,3)10-12(15-14)11-8-6-5-7-9-11/h5-9,12H,4,10,14H2,1-3H3. The van der Waals surface area contributed by atoms with Crippen LogP contribution in [0.5, 0.6) is 0 Å². The zero-order chi connectivity index (χ0) is 11.3. The summed E-state index contributed by atoms with van der Waals surface area (Å²) in [4.78, 5) is 5.07. The zero-order valence-electron chi connectivity index (χ0n) is 9.86. The summed E-state index contributed by atoms with van der Waals surface area (Å²) in [6, 6.07) is 10.1. The highest BCUT2D eigenvalue weighted by Crippen LogP contribution is 2.33. The minimum absolute atomic E-state index is 0.00106. The van der Waals surface area contributed by atoms with Crippen molar-refractivity contribution in [3.63, 3.8) is 0 Å². The van der Waals surface area contributed by atoms with Crippen molar-refractivity contribution in [3.8, 4) is 0 Å². The fraction of sp³-hybridized carbons (Fsp3) is 0.538. The number of benzene rings is 1. The SMILES string of the molecule is CCC(C)(C)CC(ON)c1ccccc1. The lowest BCUT2D eigenvalue weighted by Gasteiger charge is -2.27. The van der Waals surface area contributed by atoms with Crippen molar-refractivity contribution in [3.05, 3.63) is 35.9 Å². The van der Waals surface area contributed by atoms with Crippen LogP contribution >= 0.6 is 0 Å². The van der Waals surface area contributed by atoms with Gasteiger partial charge in [0, 0.05) is 0 Å². The van der Waals surface area contributed by atoms with Gasteiger partial charge in [-0.3, -0.25) is 4.84 Å². The summed E-state index contributed by atoms with van der Waals surface area (Å²) in [5, 5.41) is 0. The van der Waals surface area contributed by atoms with E-state index in [2.05, 4.69) is 32.9 Å². The topological polar surface area (TPSA) is 35.2 Å². The average Bonchev–Trinajstić information content (AvgIpc) is 2.27. The molecule has 2 heteroatoms. The molecule has 0 amide bonds. The molecule has 0 bridgehead atoms. The van der Waals surface area contributed by atoms with Gasteiger partial charge in [-0.1, -0.05) is 57.5 Å². The second-order valence-corrected chi connectivity index (χ2v) is 4.76. The minimum atomic E-state index is 0.00106. The van der Waals surface area contributed by atoms with Crippen LogP contribution in [0.3, 0.4) is 0 Å². The van der Waals surface area contributed by atoms with Gasteiger partial charge in [0.15, 0.2) is 0 Å². The lowest BCUT2D eigenvalue weighted by atomic mass is 9.82. The Bertz CT molecular complexity index is 282. The number of nitrogens with two attached hydrogens (primary N) is 1. The maximum absolute atomic E-state index is 5.37. The first-order chi connectivity index (χ1) is 7.09. The summed E-state index contributed by atoms with van der Waals surface area (Å²) in [6.45, 7) is 6.67. The Labute approximate surface area is 92.4 Å². The Morgan fingerprint density at radius 2 is 1.87 bits per heavy atom. The van der Waals surface area contributed by atoms with E-state index in [0.29, 0.717) is 0 Å². The van der Waals surface area contributed by atoms with E-state index >= 15 is 0 Å². The molecular formula is C13H21NO. The van der Waals surface area contributed by atoms with Crippen LogP contribution in [0.25, 0.3) is 0 Å². The van der Waals surface area contributed by atoms with Gasteiger partial charge in [-0.05, 0) is 17.4 Å². The molecule has 0 aromatic heterocycles. The quantitative estimate of drug-likeness (QED) is 0.751. The van der Waals surface area contributed by atoms with Gasteiger partial charge in [0.25, 0.3) is 0 Å². The first-order valence-corrected chi connectivity index (χ1v) is 5.49. The normalized spacial score (nSPS) is 13.9. The van der Waals surface area contributed by atoms with Gasteiger partial charge in [-0.15, -0.1) is 0 Å². The van der Waals surface area contributed by atoms with Crippen LogP contribution in [-0.4, -0.2) is 0 Å². The second-order valence-electron chi connectivity index (χ2n) is 4.76. The van der Waals surface area contributed by atoms with E-state index in [4.69, 9.17) is 10.7 Å². The van der Waals surface area contributed by atoms with E-state index in [0.717, 1.165) is 18.4 Å². The van der Waals surface area contributed by atoms with Crippen molar-refractivity contribution in [1.29, 1.82) is 0 Å². The predicted octanol–water partition coefficient (Wildman–Crippen LogP) is 3.44. The molecule has 0 aliphatic carbocycles. The number of hydrogen-bond donors (Lipinski definition) is 1. The van der Waals surface area contributed by atoms with Crippen LogP contribution in [0.1, 0.15) is 45.3 Å².